The van der Waals surface area contributed by atoms with Crippen LogP contribution in [0.3, 0.4) is 0 Å². The molecule has 1 rings (SSSR count). The molecule has 0 aromatic heterocycles. The van der Waals surface area contributed by atoms with Crippen LogP contribution in [0.25, 0.3) is 0 Å². The fourth-order valence-corrected chi connectivity index (χ4v) is 2.80. The summed E-state index contributed by atoms with van der Waals surface area (Å²) in [6, 6.07) is 0. The lowest BCUT2D eigenvalue weighted by Gasteiger charge is -2.28. The van der Waals surface area contributed by atoms with E-state index < -0.39 is 0 Å². The number of rotatable bonds is 7. The second-order valence-electron chi connectivity index (χ2n) is 5.13. The van der Waals surface area contributed by atoms with Crippen LogP contribution in [-0.4, -0.2) is 24.5 Å². The summed E-state index contributed by atoms with van der Waals surface area (Å²) in [5.41, 5.74) is 0. The maximum absolute atomic E-state index is 2.68. The molecule has 1 fully saturated rings. The topological polar surface area (TPSA) is 3.24 Å². The number of hydrogen-bond donors (Lipinski definition) is 0. The molecule has 0 amide bonds. The fraction of sp³-hybridized carbons (Fsp3) is 1.00. The predicted molar refractivity (Wildman–Crippen MR) is 68.2 cm³/mol. The van der Waals surface area contributed by atoms with E-state index in [9.17, 15) is 0 Å². The summed E-state index contributed by atoms with van der Waals surface area (Å²) in [5.74, 6) is 1.00. The zero-order valence-corrected chi connectivity index (χ0v) is 10.8. The quantitative estimate of drug-likeness (QED) is 0.613. The van der Waals surface area contributed by atoms with Gasteiger partial charge in [-0.3, -0.25) is 0 Å². The van der Waals surface area contributed by atoms with Crippen LogP contribution in [0.2, 0.25) is 0 Å². The SMILES string of the molecule is CCCC(CCC)CCN1CCCCC1. The maximum Gasteiger partial charge on any atom is -0.00161 e. The summed E-state index contributed by atoms with van der Waals surface area (Å²) < 4.78 is 0. The Labute approximate surface area is 96.2 Å². The van der Waals surface area contributed by atoms with Crippen LogP contribution in [0.1, 0.15) is 65.2 Å². The van der Waals surface area contributed by atoms with Gasteiger partial charge in [-0.1, -0.05) is 46.0 Å². The van der Waals surface area contributed by atoms with Gasteiger partial charge in [-0.2, -0.15) is 0 Å². The van der Waals surface area contributed by atoms with Gasteiger partial charge < -0.3 is 4.90 Å². The minimum absolute atomic E-state index is 1.00. The highest BCUT2D eigenvalue weighted by molar-refractivity contribution is 4.67. The largest absolute Gasteiger partial charge is 0.303 e. The van der Waals surface area contributed by atoms with E-state index in [1.54, 1.807) is 0 Å². The number of hydrogen-bond acceptors (Lipinski definition) is 1. The molecule has 0 aliphatic carbocycles. The predicted octanol–water partition coefficient (Wildman–Crippen LogP) is 4.08. The first-order chi connectivity index (χ1) is 7.36. The third kappa shape index (κ3) is 5.55. The monoisotopic (exact) mass is 211 g/mol. The Bertz CT molecular complexity index is 132. The third-order valence-corrected chi connectivity index (χ3v) is 3.70. The highest BCUT2D eigenvalue weighted by atomic mass is 15.1. The van der Waals surface area contributed by atoms with Crippen LogP contribution < -0.4 is 0 Å². The molecule has 0 unspecified atom stereocenters. The first-order valence-corrected chi connectivity index (χ1v) is 7.09. The van der Waals surface area contributed by atoms with Crippen LogP contribution in [0.4, 0.5) is 0 Å². The number of piperidine rings is 1. The molecule has 0 aromatic carbocycles. The summed E-state index contributed by atoms with van der Waals surface area (Å²) in [6.45, 7) is 8.74. The molecule has 0 bridgehead atoms. The Morgan fingerprint density at radius 3 is 2.00 bits per heavy atom. The van der Waals surface area contributed by atoms with Crippen molar-refractivity contribution in [2.75, 3.05) is 19.6 Å². The van der Waals surface area contributed by atoms with Crippen LogP contribution in [0.15, 0.2) is 0 Å². The van der Waals surface area contributed by atoms with Gasteiger partial charge in [0.1, 0.15) is 0 Å². The van der Waals surface area contributed by atoms with Crippen molar-refractivity contribution in [1.82, 2.24) is 4.90 Å². The van der Waals surface area contributed by atoms with E-state index in [1.807, 2.05) is 0 Å². The summed E-state index contributed by atoms with van der Waals surface area (Å²) in [6.07, 6.45) is 11.4. The van der Waals surface area contributed by atoms with Crippen molar-refractivity contribution in [2.45, 2.75) is 65.2 Å². The molecule has 1 nitrogen and oxygen atoms in total. The molecule has 0 radical (unpaired) electrons. The van der Waals surface area contributed by atoms with Crippen LogP contribution in [-0.2, 0) is 0 Å². The van der Waals surface area contributed by atoms with Crippen molar-refractivity contribution >= 4 is 0 Å². The molecular formula is C14H29N. The van der Waals surface area contributed by atoms with E-state index in [1.165, 1.54) is 71.0 Å². The van der Waals surface area contributed by atoms with Gasteiger partial charge in [-0.05, 0) is 44.8 Å². The van der Waals surface area contributed by atoms with Crippen molar-refractivity contribution < 1.29 is 0 Å². The Morgan fingerprint density at radius 1 is 0.867 bits per heavy atom. The first-order valence-electron chi connectivity index (χ1n) is 7.09. The minimum Gasteiger partial charge on any atom is -0.303 e. The lowest BCUT2D eigenvalue weighted by atomic mass is 9.94. The molecule has 0 atom stereocenters. The van der Waals surface area contributed by atoms with Crippen molar-refractivity contribution in [3.63, 3.8) is 0 Å². The highest BCUT2D eigenvalue weighted by Crippen LogP contribution is 2.19. The minimum atomic E-state index is 1.00. The zero-order valence-electron chi connectivity index (χ0n) is 10.8. The van der Waals surface area contributed by atoms with E-state index in [0.29, 0.717) is 0 Å². The van der Waals surface area contributed by atoms with E-state index in [-0.39, 0.29) is 0 Å². The van der Waals surface area contributed by atoms with E-state index in [4.69, 9.17) is 0 Å². The van der Waals surface area contributed by atoms with E-state index >= 15 is 0 Å². The molecular weight excluding hydrogens is 182 g/mol. The zero-order chi connectivity index (χ0) is 10.9. The summed E-state index contributed by atoms with van der Waals surface area (Å²) in [5, 5.41) is 0. The second-order valence-corrected chi connectivity index (χ2v) is 5.13. The van der Waals surface area contributed by atoms with Gasteiger partial charge in [0.05, 0.1) is 0 Å². The van der Waals surface area contributed by atoms with Crippen molar-refractivity contribution in [3.05, 3.63) is 0 Å². The smallest absolute Gasteiger partial charge is 0.00161 e. The van der Waals surface area contributed by atoms with Crippen molar-refractivity contribution in [3.8, 4) is 0 Å². The van der Waals surface area contributed by atoms with Crippen LogP contribution >= 0.6 is 0 Å². The van der Waals surface area contributed by atoms with Crippen molar-refractivity contribution in [1.29, 1.82) is 0 Å². The van der Waals surface area contributed by atoms with Gasteiger partial charge in [0.25, 0.3) is 0 Å². The fourth-order valence-electron chi connectivity index (χ4n) is 2.80. The van der Waals surface area contributed by atoms with E-state index in [2.05, 4.69) is 18.7 Å². The van der Waals surface area contributed by atoms with Gasteiger partial charge in [0, 0.05) is 0 Å². The van der Waals surface area contributed by atoms with Gasteiger partial charge in [0.2, 0.25) is 0 Å². The molecule has 1 aliphatic rings. The van der Waals surface area contributed by atoms with Crippen molar-refractivity contribution in [2.24, 2.45) is 5.92 Å². The molecule has 0 aromatic rings. The molecule has 1 heterocycles. The molecule has 1 heteroatoms. The average molecular weight is 211 g/mol. The Morgan fingerprint density at radius 2 is 1.47 bits per heavy atom. The second kappa shape index (κ2) is 8.15. The van der Waals surface area contributed by atoms with Crippen LogP contribution in [0, 0.1) is 5.92 Å². The van der Waals surface area contributed by atoms with Gasteiger partial charge in [-0.25, -0.2) is 0 Å². The first kappa shape index (κ1) is 13.0. The third-order valence-electron chi connectivity index (χ3n) is 3.70. The maximum atomic E-state index is 2.68. The highest BCUT2D eigenvalue weighted by Gasteiger charge is 2.12. The van der Waals surface area contributed by atoms with Crippen LogP contribution in [0.5, 0.6) is 0 Å². The standard InChI is InChI=1S/C14H29N/c1-3-8-14(9-4-2)10-13-15-11-6-5-7-12-15/h14H,3-13H2,1-2H3. The molecule has 0 saturated carbocycles. The summed E-state index contributed by atoms with van der Waals surface area (Å²) >= 11 is 0. The molecule has 15 heavy (non-hydrogen) atoms. The van der Waals surface area contributed by atoms with E-state index in [0.717, 1.165) is 5.92 Å². The summed E-state index contributed by atoms with van der Waals surface area (Å²) in [4.78, 5) is 2.68. The molecule has 1 aliphatic heterocycles. The summed E-state index contributed by atoms with van der Waals surface area (Å²) in [7, 11) is 0. The molecule has 90 valence electrons. The lowest BCUT2D eigenvalue weighted by Crippen LogP contribution is -2.31. The Kier molecular flexibility index (Phi) is 7.08. The molecule has 1 saturated heterocycles. The Balaban J connectivity index is 2.13. The number of nitrogens with zero attached hydrogens (tertiary/aromatic N) is 1. The van der Waals surface area contributed by atoms with Gasteiger partial charge in [-0.15, -0.1) is 0 Å². The lowest BCUT2D eigenvalue weighted by molar-refractivity contribution is 0.207. The average Bonchev–Trinajstić information content (AvgIpc) is 2.28. The number of likely N-dealkylation sites (tertiary alicyclic amines) is 1. The van der Waals surface area contributed by atoms with Gasteiger partial charge >= 0.3 is 0 Å². The molecule has 0 spiro atoms. The normalized spacial score (nSPS) is 18.6. The molecule has 0 N–H and O–H groups in total. The van der Waals surface area contributed by atoms with Gasteiger partial charge in [0.15, 0.2) is 0 Å². The Hall–Kier alpha value is -0.0400.